The second kappa shape index (κ2) is 9.84. The SMILES string of the molecule is COc1ccc(CN(C)C(C)C(=O)N2CC(=O)Nc3cc(C(F)(F)F)ccc32)cc1OC(F)F. The Kier molecular flexibility index (Phi) is 7.29. The summed E-state index contributed by atoms with van der Waals surface area (Å²) >= 11 is 0. The van der Waals surface area contributed by atoms with E-state index >= 15 is 0 Å². The number of rotatable bonds is 7. The summed E-state index contributed by atoms with van der Waals surface area (Å²) in [7, 11) is 2.92. The molecule has 3 rings (SSSR count). The molecule has 0 fully saturated rings. The summed E-state index contributed by atoms with van der Waals surface area (Å²) in [5, 5.41) is 2.36. The quantitative estimate of drug-likeness (QED) is 0.595. The minimum atomic E-state index is -4.61. The van der Waals surface area contributed by atoms with Crippen molar-refractivity contribution in [1.82, 2.24) is 4.90 Å². The zero-order chi connectivity index (χ0) is 25.2. The molecule has 0 radical (unpaired) electrons. The first-order valence-electron chi connectivity index (χ1n) is 10.0. The van der Waals surface area contributed by atoms with E-state index < -0.39 is 36.2 Å². The number of alkyl halides is 5. The summed E-state index contributed by atoms with van der Waals surface area (Å²) in [5.74, 6) is -1.19. The number of hydrogen-bond donors (Lipinski definition) is 1. The number of halogens is 5. The van der Waals surface area contributed by atoms with Crippen LogP contribution in [0, 0.1) is 0 Å². The highest BCUT2D eigenvalue weighted by Gasteiger charge is 2.35. The van der Waals surface area contributed by atoms with Crippen LogP contribution in [0.15, 0.2) is 36.4 Å². The topological polar surface area (TPSA) is 71.1 Å². The van der Waals surface area contributed by atoms with Crippen LogP contribution in [0.25, 0.3) is 0 Å². The molecule has 0 saturated carbocycles. The Hall–Kier alpha value is -3.41. The highest BCUT2D eigenvalue weighted by molar-refractivity contribution is 6.11. The lowest BCUT2D eigenvalue weighted by Crippen LogP contribution is -2.50. The lowest BCUT2D eigenvalue weighted by molar-refractivity contribution is -0.137. The molecule has 1 heterocycles. The monoisotopic (exact) mass is 487 g/mol. The molecule has 7 nitrogen and oxygen atoms in total. The number of benzene rings is 2. The van der Waals surface area contributed by atoms with Crippen LogP contribution < -0.4 is 19.7 Å². The van der Waals surface area contributed by atoms with E-state index in [9.17, 15) is 31.5 Å². The van der Waals surface area contributed by atoms with Crippen molar-refractivity contribution in [3.8, 4) is 11.5 Å². The number of ether oxygens (including phenoxy) is 2. The van der Waals surface area contributed by atoms with Gasteiger partial charge >= 0.3 is 12.8 Å². The lowest BCUT2D eigenvalue weighted by atomic mass is 10.1. The minimum absolute atomic E-state index is 0.113. The van der Waals surface area contributed by atoms with Crippen molar-refractivity contribution in [2.75, 3.05) is 30.9 Å². The zero-order valence-electron chi connectivity index (χ0n) is 18.5. The van der Waals surface area contributed by atoms with Crippen molar-refractivity contribution in [1.29, 1.82) is 0 Å². The predicted molar refractivity (Wildman–Crippen MR) is 113 cm³/mol. The van der Waals surface area contributed by atoms with Crippen molar-refractivity contribution in [2.45, 2.75) is 32.3 Å². The van der Waals surface area contributed by atoms with E-state index in [1.54, 1.807) is 24.9 Å². The Morgan fingerprint density at radius 3 is 2.50 bits per heavy atom. The standard InChI is InChI=1S/C22H22F5N3O4/c1-12(29(2)10-13-4-7-17(33-3)18(8-13)34-21(23)24)20(32)30-11-19(31)28-15-9-14(22(25,26)27)5-6-16(15)30/h4-9,12,21H,10-11H2,1-3H3,(H,28,31). The van der Waals surface area contributed by atoms with Gasteiger partial charge in [-0.2, -0.15) is 22.0 Å². The summed E-state index contributed by atoms with van der Waals surface area (Å²) in [5.41, 5.74) is -0.370. The number of fused-ring (bicyclic) bond motifs is 1. The zero-order valence-corrected chi connectivity index (χ0v) is 18.5. The number of nitrogens with one attached hydrogen (secondary N) is 1. The van der Waals surface area contributed by atoms with Gasteiger partial charge in [0, 0.05) is 6.54 Å². The fourth-order valence-corrected chi connectivity index (χ4v) is 3.51. The third-order valence-corrected chi connectivity index (χ3v) is 5.35. The molecular formula is C22H22F5N3O4. The van der Waals surface area contributed by atoms with Crippen LogP contribution >= 0.6 is 0 Å². The molecule has 0 bridgehead atoms. The maximum Gasteiger partial charge on any atom is 0.416 e. The van der Waals surface area contributed by atoms with Gasteiger partial charge < -0.3 is 14.8 Å². The molecule has 1 aliphatic heterocycles. The van der Waals surface area contributed by atoms with Gasteiger partial charge in [0.2, 0.25) is 11.8 Å². The Morgan fingerprint density at radius 1 is 1.18 bits per heavy atom. The molecule has 12 heteroatoms. The van der Waals surface area contributed by atoms with Crippen LogP contribution in [0.1, 0.15) is 18.1 Å². The molecule has 1 unspecified atom stereocenters. The van der Waals surface area contributed by atoms with Gasteiger partial charge in [-0.1, -0.05) is 6.07 Å². The smallest absolute Gasteiger partial charge is 0.416 e. The van der Waals surface area contributed by atoms with Crippen LogP contribution in [0.2, 0.25) is 0 Å². The van der Waals surface area contributed by atoms with Crippen LogP contribution in [0.3, 0.4) is 0 Å². The van der Waals surface area contributed by atoms with Gasteiger partial charge in [-0.25, -0.2) is 0 Å². The number of likely N-dealkylation sites (N-methyl/N-ethyl adjacent to an activating group) is 1. The number of methoxy groups -OCH3 is 1. The van der Waals surface area contributed by atoms with Crippen molar-refractivity contribution in [3.05, 3.63) is 47.5 Å². The molecule has 1 N–H and O–H groups in total. The van der Waals surface area contributed by atoms with Gasteiger partial charge in [0.15, 0.2) is 11.5 Å². The Labute approximate surface area is 192 Å². The highest BCUT2D eigenvalue weighted by atomic mass is 19.4. The average molecular weight is 487 g/mol. The largest absolute Gasteiger partial charge is 0.493 e. The number of anilines is 2. The van der Waals surface area contributed by atoms with Crippen LogP contribution in [-0.4, -0.2) is 50.1 Å². The molecule has 1 atom stereocenters. The summed E-state index contributed by atoms with van der Waals surface area (Å²) < 4.78 is 74.0. The molecule has 184 valence electrons. The van der Waals surface area contributed by atoms with Gasteiger partial charge in [0.25, 0.3) is 0 Å². The van der Waals surface area contributed by atoms with Gasteiger partial charge in [0.1, 0.15) is 6.54 Å². The lowest BCUT2D eigenvalue weighted by Gasteiger charge is -2.34. The van der Waals surface area contributed by atoms with E-state index in [0.29, 0.717) is 5.56 Å². The van der Waals surface area contributed by atoms with Crippen molar-refractivity contribution in [2.24, 2.45) is 0 Å². The Morgan fingerprint density at radius 2 is 1.88 bits per heavy atom. The van der Waals surface area contributed by atoms with Crippen molar-refractivity contribution < 1.29 is 41.0 Å². The molecule has 2 aromatic carbocycles. The summed E-state index contributed by atoms with van der Waals surface area (Å²) in [6.45, 7) is -1.69. The first-order valence-corrected chi connectivity index (χ1v) is 10.0. The maximum absolute atomic E-state index is 13.2. The Bertz CT molecular complexity index is 1080. The second-order valence-electron chi connectivity index (χ2n) is 7.66. The number of hydrogen-bond acceptors (Lipinski definition) is 5. The molecule has 0 saturated heterocycles. The summed E-state index contributed by atoms with van der Waals surface area (Å²) in [6.07, 6.45) is -4.61. The molecule has 0 aromatic heterocycles. The molecule has 0 spiro atoms. The number of carbonyl (C=O) groups is 2. The second-order valence-corrected chi connectivity index (χ2v) is 7.66. The van der Waals surface area contributed by atoms with E-state index in [0.717, 1.165) is 23.1 Å². The Balaban J connectivity index is 1.80. The summed E-state index contributed by atoms with van der Waals surface area (Å²) in [6, 6.07) is 6.39. The summed E-state index contributed by atoms with van der Waals surface area (Å²) in [4.78, 5) is 28.0. The van der Waals surface area contributed by atoms with Crippen LogP contribution in [0.5, 0.6) is 11.5 Å². The maximum atomic E-state index is 13.2. The number of carbonyl (C=O) groups excluding carboxylic acids is 2. The fourth-order valence-electron chi connectivity index (χ4n) is 3.51. The predicted octanol–water partition coefficient (Wildman–Crippen LogP) is 4.12. The van der Waals surface area contributed by atoms with Crippen molar-refractivity contribution >= 4 is 23.2 Å². The average Bonchev–Trinajstić information content (AvgIpc) is 2.76. The van der Waals surface area contributed by atoms with Gasteiger partial charge in [-0.3, -0.25) is 19.4 Å². The van der Waals surface area contributed by atoms with Gasteiger partial charge in [0.05, 0.1) is 30.1 Å². The molecular weight excluding hydrogens is 465 g/mol. The molecule has 2 aromatic rings. The first kappa shape index (κ1) is 25.2. The van der Waals surface area contributed by atoms with Crippen LogP contribution in [0.4, 0.5) is 33.3 Å². The van der Waals surface area contributed by atoms with Gasteiger partial charge in [-0.05, 0) is 49.9 Å². The van der Waals surface area contributed by atoms with Crippen LogP contribution in [-0.2, 0) is 22.3 Å². The third-order valence-electron chi connectivity index (χ3n) is 5.35. The van der Waals surface area contributed by atoms with E-state index in [4.69, 9.17) is 4.74 Å². The third kappa shape index (κ3) is 5.56. The van der Waals surface area contributed by atoms with Crippen molar-refractivity contribution in [3.63, 3.8) is 0 Å². The number of amides is 2. The fraction of sp³-hybridized carbons (Fsp3) is 0.364. The normalized spacial score (nSPS) is 14.6. The molecule has 34 heavy (non-hydrogen) atoms. The molecule has 2 amide bonds. The number of nitrogens with zero attached hydrogens (tertiary/aromatic N) is 2. The van der Waals surface area contributed by atoms with Gasteiger partial charge in [-0.15, -0.1) is 0 Å². The van der Waals surface area contributed by atoms with E-state index in [-0.39, 0.29) is 36.0 Å². The van der Waals surface area contributed by atoms with E-state index in [1.807, 2.05) is 0 Å². The minimum Gasteiger partial charge on any atom is -0.493 e. The van der Waals surface area contributed by atoms with E-state index in [2.05, 4.69) is 10.1 Å². The molecule has 1 aliphatic rings. The first-order chi connectivity index (χ1) is 15.9. The van der Waals surface area contributed by atoms with E-state index in [1.165, 1.54) is 19.2 Å². The highest BCUT2D eigenvalue weighted by Crippen LogP contribution is 2.37. The molecule has 0 aliphatic carbocycles.